The lowest BCUT2D eigenvalue weighted by Gasteiger charge is -2.22. The van der Waals surface area contributed by atoms with Crippen LogP contribution in [0.5, 0.6) is 0 Å². The molecule has 1 saturated heterocycles. The van der Waals surface area contributed by atoms with E-state index in [1.165, 1.54) is 0 Å². The summed E-state index contributed by atoms with van der Waals surface area (Å²) in [5.74, 6) is 0.0581. The Balaban J connectivity index is 1.64. The van der Waals surface area contributed by atoms with Crippen molar-refractivity contribution in [2.75, 3.05) is 0 Å². The summed E-state index contributed by atoms with van der Waals surface area (Å²) in [7, 11) is 0. The number of ether oxygens (including phenoxy) is 2. The van der Waals surface area contributed by atoms with E-state index in [0.29, 0.717) is 13.0 Å². The van der Waals surface area contributed by atoms with Crippen LogP contribution < -0.4 is 0 Å². The third-order valence-corrected chi connectivity index (χ3v) is 4.27. The summed E-state index contributed by atoms with van der Waals surface area (Å²) >= 11 is 6.35. The topological polar surface area (TPSA) is 35.5 Å². The summed E-state index contributed by atoms with van der Waals surface area (Å²) in [6.45, 7) is 0.536. The zero-order valence-electron chi connectivity index (χ0n) is 11.1. The quantitative estimate of drug-likeness (QED) is 0.488. The van der Waals surface area contributed by atoms with Gasteiger partial charge in [0.25, 0.3) is 0 Å². The summed E-state index contributed by atoms with van der Waals surface area (Å²) < 4.78 is 11.2. The number of carbonyl (C=O) groups excluding carboxylic acids is 1. The van der Waals surface area contributed by atoms with E-state index in [-0.39, 0.29) is 29.5 Å². The largest absolute Gasteiger partial charge is 0.458 e. The number of halogens is 1. The molecule has 0 saturated carbocycles. The molecule has 0 amide bonds. The molecule has 3 rings (SSSR count). The first-order chi connectivity index (χ1) is 9.72. The molecular weight excluding hydrogens is 276 g/mol. The zero-order valence-corrected chi connectivity index (χ0v) is 11.8. The second-order valence-electron chi connectivity index (χ2n) is 5.32. The van der Waals surface area contributed by atoms with Gasteiger partial charge in [0.2, 0.25) is 0 Å². The minimum atomic E-state index is -0.178. The highest BCUT2D eigenvalue weighted by Gasteiger charge is 2.38. The van der Waals surface area contributed by atoms with Crippen molar-refractivity contribution in [2.45, 2.75) is 37.0 Å². The summed E-state index contributed by atoms with van der Waals surface area (Å²) in [5.41, 5.74) is 1.12. The van der Waals surface area contributed by atoms with E-state index in [2.05, 4.69) is 0 Å². The SMILES string of the molecule is O=C1C[C@@H]2C[C@@H](OCc3ccccc3)[C@H](Cl)C=C[C@@H]2O1. The van der Waals surface area contributed by atoms with E-state index in [0.717, 1.165) is 12.0 Å². The summed E-state index contributed by atoms with van der Waals surface area (Å²) in [6.07, 6.45) is 4.79. The molecule has 20 heavy (non-hydrogen) atoms. The average molecular weight is 293 g/mol. The molecule has 106 valence electrons. The first-order valence-corrected chi connectivity index (χ1v) is 7.33. The number of fused-ring (bicyclic) bond motifs is 1. The van der Waals surface area contributed by atoms with Gasteiger partial charge in [0.15, 0.2) is 0 Å². The maximum atomic E-state index is 11.4. The molecule has 4 atom stereocenters. The number of hydrogen-bond donors (Lipinski definition) is 0. The predicted octanol–water partition coefficient (Wildman–Crippen LogP) is 3.07. The van der Waals surface area contributed by atoms with Crippen molar-refractivity contribution in [2.24, 2.45) is 5.92 Å². The average Bonchev–Trinajstić information content (AvgIpc) is 2.75. The Hall–Kier alpha value is -1.32. The standard InChI is InChI=1S/C16H17ClO3/c17-13-6-7-14-12(9-16(18)20-14)8-15(13)19-10-11-4-2-1-3-5-11/h1-7,12-15H,8-10H2/t12-,13+,14-,15+/m0/s1. The predicted molar refractivity (Wildman–Crippen MR) is 76.4 cm³/mol. The summed E-state index contributed by atoms with van der Waals surface area (Å²) in [5, 5.41) is -0.178. The highest BCUT2D eigenvalue weighted by Crippen LogP contribution is 2.33. The lowest BCUT2D eigenvalue weighted by molar-refractivity contribution is -0.140. The van der Waals surface area contributed by atoms with Crippen LogP contribution in [0.2, 0.25) is 0 Å². The molecule has 0 N–H and O–H groups in total. The maximum absolute atomic E-state index is 11.4. The lowest BCUT2D eigenvalue weighted by Crippen LogP contribution is -2.26. The first-order valence-electron chi connectivity index (χ1n) is 6.90. The summed E-state index contributed by atoms with van der Waals surface area (Å²) in [6, 6.07) is 10.0. The molecule has 1 aliphatic heterocycles. The van der Waals surface area contributed by atoms with Crippen LogP contribution in [0.25, 0.3) is 0 Å². The Morgan fingerprint density at radius 1 is 1.25 bits per heavy atom. The minimum Gasteiger partial charge on any atom is -0.458 e. The fourth-order valence-corrected chi connectivity index (χ4v) is 3.01. The van der Waals surface area contributed by atoms with Gasteiger partial charge in [-0.25, -0.2) is 0 Å². The van der Waals surface area contributed by atoms with Gasteiger partial charge in [-0.3, -0.25) is 4.79 Å². The number of hydrogen-bond acceptors (Lipinski definition) is 3. The normalized spacial score (nSPS) is 32.5. The molecule has 3 nitrogen and oxygen atoms in total. The number of carbonyl (C=O) groups is 1. The monoisotopic (exact) mass is 292 g/mol. The number of benzene rings is 1. The minimum absolute atomic E-state index is 0.0855. The molecule has 1 aromatic carbocycles. The van der Waals surface area contributed by atoms with Crippen LogP contribution in [-0.2, 0) is 20.9 Å². The van der Waals surface area contributed by atoms with Gasteiger partial charge < -0.3 is 9.47 Å². The molecule has 0 radical (unpaired) electrons. The highest BCUT2D eigenvalue weighted by atomic mass is 35.5. The van der Waals surface area contributed by atoms with E-state index >= 15 is 0 Å². The van der Waals surface area contributed by atoms with Crippen molar-refractivity contribution in [3.05, 3.63) is 48.0 Å². The fraction of sp³-hybridized carbons (Fsp3) is 0.438. The van der Waals surface area contributed by atoms with Crippen LogP contribution in [-0.4, -0.2) is 23.6 Å². The molecule has 0 unspecified atom stereocenters. The van der Waals surface area contributed by atoms with E-state index in [9.17, 15) is 4.79 Å². The van der Waals surface area contributed by atoms with Crippen molar-refractivity contribution in [1.82, 2.24) is 0 Å². The van der Waals surface area contributed by atoms with E-state index in [4.69, 9.17) is 21.1 Å². The third-order valence-electron chi connectivity index (χ3n) is 3.84. The van der Waals surface area contributed by atoms with Gasteiger partial charge in [-0.15, -0.1) is 11.6 Å². The molecular formula is C16H17ClO3. The molecule has 1 heterocycles. The van der Waals surface area contributed by atoms with Crippen molar-refractivity contribution >= 4 is 17.6 Å². The van der Waals surface area contributed by atoms with Crippen LogP contribution in [0.3, 0.4) is 0 Å². The van der Waals surface area contributed by atoms with Crippen LogP contribution in [0, 0.1) is 5.92 Å². The fourth-order valence-electron chi connectivity index (χ4n) is 2.75. The zero-order chi connectivity index (χ0) is 13.9. The summed E-state index contributed by atoms with van der Waals surface area (Å²) in [4.78, 5) is 11.4. The Bertz CT molecular complexity index is 500. The van der Waals surface area contributed by atoms with Gasteiger partial charge in [0.05, 0.1) is 24.5 Å². The van der Waals surface area contributed by atoms with Crippen molar-refractivity contribution in [3.63, 3.8) is 0 Å². The maximum Gasteiger partial charge on any atom is 0.306 e. The Morgan fingerprint density at radius 3 is 2.85 bits per heavy atom. The molecule has 1 fully saturated rings. The number of alkyl halides is 1. The van der Waals surface area contributed by atoms with Crippen molar-refractivity contribution in [1.29, 1.82) is 0 Å². The second-order valence-corrected chi connectivity index (χ2v) is 5.82. The van der Waals surface area contributed by atoms with E-state index in [1.807, 2.05) is 42.5 Å². The Kier molecular flexibility index (Phi) is 4.08. The Morgan fingerprint density at radius 2 is 2.05 bits per heavy atom. The van der Waals surface area contributed by atoms with E-state index < -0.39 is 0 Å². The number of rotatable bonds is 3. The molecule has 4 heteroatoms. The molecule has 2 aliphatic rings. The van der Waals surface area contributed by atoms with E-state index in [1.54, 1.807) is 0 Å². The lowest BCUT2D eigenvalue weighted by atomic mass is 9.96. The Labute approximate surface area is 123 Å². The number of esters is 1. The van der Waals surface area contributed by atoms with Crippen molar-refractivity contribution in [3.8, 4) is 0 Å². The van der Waals surface area contributed by atoms with Crippen LogP contribution in [0.4, 0.5) is 0 Å². The van der Waals surface area contributed by atoms with Crippen molar-refractivity contribution < 1.29 is 14.3 Å². The molecule has 0 bridgehead atoms. The molecule has 1 aromatic rings. The second kappa shape index (κ2) is 5.98. The molecule has 0 spiro atoms. The van der Waals surface area contributed by atoms with Gasteiger partial charge in [0, 0.05) is 5.92 Å². The smallest absolute Gasteiger partial charge is 0.306 e. The van der Waals surface area contributed by atoms with Crippen LogP contribution >= 0.6 is 11.6 Å². The van der Waals surface area contributed by atoms with Gasteiger partial charge in [-0.1, -0.05) is 36.4 Å². The molecule has 1 aliphatic carbocycles. The van der Waals surface area contributed by atoms with Crippen LogP contribution in [0.1, 0.15) is 18.4 Å². The first kappa shape index (κ1) is 13.7. The van der Waals surface area contributed by atoms with Gasteiger partial charge in [-0.05, 0) is 18.1 Å². The highest BCUT2D eigenvalue weighted by molar-refractivity contribution is 6.22. The van der Waals surface area contributed by atoms with Gasteiger partial charge in [-0.2, -0.15) is 0 Å². The van der Waals surface area contributed by atoms with Gasteiger partial charge in [0.1, 0.15) is 6.10 Å². The van der Waals surface area contributed by atoms with Crippen LogP contribution in [0.15, 0.2) is 42.5 Å². The van der Waals surface area contributed by atoms with Gasteiger partial charge >= 0.3 is 5.97 Å². The third kappa shape index (κ3) is 3.05. The molecule has 0 aromatic heterocycles.